The van der Waals surface area contributed by atoms with Gasteiger partial charge in [0.1, 0.15) is 0 Å². The van der Waals surface area contributed by atoms with E-state index in [-0.39, 0.29) is 11.9 Å². The summed E-state index contributed by atoms with van der Waals surface area (Å²) < 4.78 is 12.9. The van der Waals surface area contributed by atoms with Gasteiger partial charge in [-0.2, -0.15) is 5.10 Å². The van der Waals surface area contributed by atoms with E-state index in [2.05, 4.69) is 5.10 Å². The van der Waals surface area contributed by atoms with E-state index in [1.54, 1.807) is 20.4 Å². The molecule has 0 unspecified atom stereocenters. The molecule has 0 spiro atoms. The summed E-state index contributed by atoms with van der Waals surface area (Å²) >= 11 is 0. The first kappa shape index (κ1) is 16.9. The Kier molecular flexibility index (Phi) is 3.86. The van der Waals surface area contributed by atoms with Gasteiger partial charge >= 0.3 is 0 Å². The maximum atomic E-state index is 13.2. The van der Waals surface area contributed by atoms with E-state index in [1.165, 1.54) is 5.56 Å². The molecule has 1 atom stereocenters. The second kappa shape index (κ2) is 6.41. The predicted octanol–water partition coefficient (Wildman–Crippen LogP) is 3.19. The van der Waals surface area contributed by atoms with E-state index in [0.717, 1.165) is 35.5 Å². The molecule has 6 nitrogen and oxygen atoms in total. The van der Waals surface area contributed by atoms with Crippen molar-refractivity contribution in [1.82, 2.24) is 14.7 Å². The molecule has 0 radical (unpaired) electrons. The van der Waals surface area contributed by atoms with Gasteiger partial charge in [0.05, 0.1) is 43.4 Å². The molecule has 0 bridgehead atoms. The minimum atomic E-state index is -0.0253. The summed E-state index contributed by atoms with van der Waals surface area (Å²) in [7, 11) is 3.29. The van der Waals surface area contributed by atoms with Crippen LogP contribution in [0.1, 0.15) is 33.2 Å². The number of para-hydroxylation sites is 1. The van der Waals surface area contributed by atoms with Gasteiger partial charge in [-0.15, -0.1) is 0 Å². The predicted molar refractivity (Wildman–Crippen MR) is 104 cm³/mol. The molecule has 0 aliphatic carbocycles. The number of carbonyl (C=O) groups is 1. The molecule has 1 amide bonds. The zero-order valence-corrected chi connectivity index (χ0v) is 15.9. The van der Waals surface area contributed by atoms with Crippen LogP contribution in [0.5, 0.6) is 11.5 Å². The molecule has 3 aromatic rings. The van der Waals surface area contributed by atoms with Crippen LogP contribution < -0.4 is 9.47 Å². The third-order valence-corrected chi connectivity index (χ3v) is 5.75. The Morgan fingerprint density at radius 3 is 2.57 bits per heavy atom. The Morgan fingerprint density at radius 2 is 1.82 bits per heavy atom. The van der Waals surface area contributed by atoms with Crippen molar-refractivity contribution in [3.63, 3.8) is 0 Å². The highest BCUT2D eigenvalue weighted by atomic mass is 16.5. The number of aromatic nitrogens is 2. The summed E-state index contributed by atoms with van der Waals surface area (Å²) in [5, 5.41) is 4.52. The van der Waals surface area contributed by atoms with Gasteiger partial charge < -0.3 is 14.4 Å². The zero-order chi connectivity index (χ0) is 19.3. The third-order valence-electron chi connectivity index (χ3n) is 5.75. The first-order valence-corrected chi connectivity index (χ1v) is 9.39. The molecule has 6 heteroatoms. The highest BCUT2D eigenvalue weighted by molar-refractivity contribution is 5.97. The van der Waals surface area contributed by atoms with Gasteiger partial charge in [0.25, 0.3) is 5.91 Å². The van der Waals surface area contributed by atoms with Crippen molar-refractivity contribution in [3.8, 4) is 17.2 Å². The standard InChI is InChI=1S/C22H21N3O3/c1-27-20-10-14-8-9-24-18(16(14)11-21(20)28-2)12-19-17(22(24)26)13-23-25(19)15-6-4-3-5-7-15/h3-7,10-11,13,18H,8-9,12H2,1-2H3/t18-/m0/s1. The number of methoxy groups -OCH3 is 2. The SMILES string of the molecule is COc1cc2c(cc1OC)[C@@H]1Cc3c(cnn3-c3ccccc3)C(=O)N1CC2. The van der Waals surface area contributed by atoms with Crippen LogP contribution in [0, 0.1) is 0 Å². The molecule has 5 rings (SSSR count). The van der Waals surface area contributed by atoms with E-state index in [0.29, 0.717) is 17.9 Å². The average Bonchev–Trinajstić information content (AvgIpc) is 3.17. The molecule has 2 aromatic carbocycles. The third kappa shape index (κ3) is 2.41. The quantitative estimate of drug-likeness (QED) is 0.706. The van der Waals surface area contributed by atoms with Gasteiger partial charge in [-0.1, -0.05) is 18.2 Å². The smallest absolute Gasteiger partial charge is 0.257 e. The first-order valence-electron chi connectivity index (χ1n) is 9.39. The summed E-state index contributed by atoms with van der Waals surface area (Å²) in [4.78, 5) is 15.2. The van der Waals surface area contributed by atoms with Crippen LogP contribution in [0.3, 0.4) is 0 Å². The lowest BCUT2D eigenvalue weighted by Crippen LogP contribution is -2.44. The molecular formula is C22H21N3O3. The molecule has 2 aliphatic rings. The van der Waals surface area contributed by atoms with Crippen LogP contribution in [0.25, 0.3) is 5.69 Å². The normalized spacial score (nSPS) is 17.6. The zero-order valence-electron chi connectivity index (χ0n) is 15.9. The molecule has 0 fully saturated rings. The van der Waals surface area contributed by atoms with E-state index < -0.39 is 0 Å². The number of ether oxygens (including phenoxy) is 2. The number of hydrogen-bond acceptors (Lipinski definition) is 4. The fourth-order valence-electron chi connectivity index (χ4n) is 4.37. The number of rotatable bonds is 3. The lowest BCUT2D eigenvalue weighted by atomic mass is 9.85. The van der Waals surface area contributed by atoms with Crippen molar-refractivity contribution in [2.45, 2.75) is 18.9 Å². The molecule has 1 aromatic heterocycles. The van der Waals surface area contributed by atoms with Gasteiger partial charge in [-0.3, -0.25) is 4.79 Å². The second-order valence-electron chi connectivity index (χ2n) is 7.13. The monoisotopic (exact) mass is 375 g/mol. The number of hydrogen-bond donors (Lipinski definition) is 0. The number of fused-ring (bicyclic) bond motifs is 4. The van der Waals surface area contributed by atoms with E-state index in [4.69, 9.17) is 9.47 Å². The molecule has 0 saturated heterocycles. The highest BCUT2D eigenvalue weighted by Crippen LogP contribution is 2.42. The van der Waals surface area contributed by atoms with Crippen LogP contribution in [0.15, 0.2) is 48.7 Å². The summed E-state index contributed by atoms with van der Waals surface area (Å²) in [5.74, 6) is 1.47. The van der Waals surface area contributed by atoms with Gasteiger partial charge in [0.15, 0.2) is 11.5 Å². The van der Waals surface area contributed by atoms with Crippen molar-refractivity contribution < 1.29 is 14.3 Å². The molecule has 2 aliphatic heterocycles. The summed E-state index contributed by atoms with van der Waals surface area (Å²) in [5.41, 5.74) is 4.96. The second-order valence-corrected chi connectivity index (χ2v) is 7.13. The summed E-state index contributed by atoms with van der Waals surface area (Å²) in [6.07, 6.45) is 3.23. The summed E-state index contributed by atoms with van der Waals surface area (Å²) in [6.45, 7) is 0.696. The largest absolute Gasteiger partial charge is 0.493 e. The molecule has 3 heterocycles. The van der Waals surface area contributed by atoms with E-state index in [9.17, 15) is 4.79 Å². The molecule has 0 N–H and O–H groups in total. The Labute approximate surface area is 163 Å². The van der Waals surface area contributed by atoms with Crippen molar-refractivity contribution in [2.24, 2.45) is 0 Å². The minimum Gasteiger partial charge on any atom is -0.493 e. The Morgan fingerprint density at radius 1 is 1.07 bits per heavy atom. The van der Waals surface area contributed by atoms with Crippen LogP contribution in [0.4, 0.5) is 0 Å². The van der Waals surface area contributed by atoms with Crippen molar-refractivity contribution in [2.75, 3.05) is 20.8 Å². The average molecular weight is 375 g/mol. The highest BCUT2D eigenvalue weighted by Gasteiger charge is 2.39. The van der Waals surface area contributed by atoms with Crippen molar-refractivity contribution >= 4 is 5.91 Å². The maximum Gasteiger partial charge on any atom is 0.257 e. The first-order chi connectivity index (χ1) is 13.7. The molecule has 0 saturated carbocycles. The van der Waals surface area contributed by atoms with E-state index in [1.807, 2.05) is 52.0 Å². The Balaban J connectivity index is 1.62. The Bertz CT molecular complexity index is 1060. The number of carbonyl (C=O) groups excluding carboxylic acids is 1. The lowest BCUT2D eigenvalue weighted by molar-refractivity contribution is 0.0629. The topological polar surface area (TPSA) is 56.6 Å². The summed E-state index contributed by atoms with van der Waals surface area (Å²) in [6, 6.07) is 14.0. The minimum absolute atomic E-state index is 0.0253. The Hall–Kier alpha value is -3.28. The van der Waals surface area contributed by atoms with Crippen LogP contribution in [-0.4, -0.2) is 41.4 Å². The van der Waals surface area contributed by atoms with Crippen LogP contribution in [-0.2, 0) is 12.8 Å². The van der Waals surface area contributed by atoms with Gasteiger partial charge in [0.2, 0.25) is 0 Å². The lowest BCUT2D eigenvalue weighted by Gasteiger charge is -2.40. The van der Waals surface area contributed by atoms with Gasteiger partial charge in [0, 0.05) is 13.0 Å². The van der Waals surface area contributed by atoms with Crippen LogP contribution in [0.2, 0.25) is 0 Å². The number of benzene rings is 2. The molecule has 28 heavy (non-hydrogen) atoms. The van der Waals surface area contributed by atoms with E-state index >= 15 is 0 Å². The fourth-order valence-corrected chi connectivity index (χ4v) is 4.37. The van der Waals surface area contributed by atoms with Gasteiger partial charge in [-0.05, 0) is 41.8 Å². The number of amides is 1. The molecule has 142 valence electrons. The number of nitrogens with zero attached hydrogens (tertiary/aromatic N) is 3. The van der Waals surface area contributed by atoms with Gasteiger partial charge in [-0.25, -0.2) is 4.68 Å². The fraction of sp³-hybridized carbons (Fsp3) is 0.273. The van der Waals surface area contributed by atoms with Crippen molar-refractivity contribution in [1.29, 1.82) is 0 Å². The molecular weight excluding hydrogens is 354 g/mol. The van der Waals surface area contributed by atoms with Crippen molar-refractivity contribution in [3.05, 3.63) is 71.0 Å². The maximum absolute atomic E-state index is 13.2. The van der Waals surface area contributed by atoms with Crippen LogP contribution >= 0.6 is 0 Å².